The highest BCUT2D eigenvalue weighted by molar-refractivity contribution is 5.81. The van der Waals surface area contributed by atoms with Crippen LogP contribution in [-0.2, 0) is 4.79 Å². The van der Waals surface area contributed by atoms with Gasteiger partial charge in [-0.1, -0.05) is 67.6 Å². The SMILES string of the molecule is CC(NC(c1ccccc1)C1CC1)C(=O)NCC(C)c1ccccc1. The van der Waals surface area contributed by atoms with Crippen LogP contribution in [0.25, 0.3) is 0 Å². The fourth-order valence-electron chi connectivity index (χ4n) is 3.25. The third-order valence-corrected chi connectivity index (χ3v) is 5.03. The van der Waals surface area contributed by atoms with Crippen molar-refractivity contribution in [2.75, 3.05) is 6.54 Å². The van der Waals surface area contributed by atoms with Crippen LogP contribution >= 0.6 is 0 Å². The van der Waals surface area contributed by atoms with E-state index >= 15 is 0 Å². The van der Waals surface area contributed by atoms with Crippen LogP contribution in [0.4, 0.5) is 0 Å². The highest BCUT2D eigenvalue weighted by Gasteiger charge is 2.33. The first-order chi connectivity index (χ1) is 12.1. The van der Waals surface area contributed by atoms with Gasteiger partial charge in [0.15, 0.2) is 0 Å². The topological polar surface area (TPSA) is 41.1 Å². The maximum absolute atomic E-state index is 12.5. The van der Waals surface area contributed by atoms with Gasteiger partial charge in [0.05, 0.1) is 6.04 Å². The zero-order valence-corrected chi connectivity index (χ0v) is 15.1. The molecule has 0 aromatic heterocycles. The molecule has 1 fully saturated rings. The summed E-state index contributed by atoms with van der Waals surface area (Å²) in [6, 6.07) is 20.9. The van der Waals surface area contributed by atoms with Crippen molar-refractivity contribution >= 4 is 5.91 Å². The molecule has 0 aliphatic heterocycles. The maximum Gasteiger partial charge on any atom is 0.236 e. The van der Waals surface area contributed by atoms with Crippen molar-refractivity contribution in [1.29, 1.82) is 0 Å². The zero-order valence-electron chi connectivity index (χ0n) is 15.1. The van der Waals surface area contributed by atoms with Gasteiger partial charge in [0, 0.05) is 12.6 Å². The molecular weight excluding hydrogens is 308 g/mol. The van der Waals surface area contributed by atoms with Gasteiger partial charge in [0.25, 0.3) is 0 Å². The molecule has 0 spiro atoms. The lowest BCUT2D eigenvalue weighted by atomic mass is 10.0. The van der Waals surface area contributed by atoms with Crippen molar-refractivity contribution in [1.82, 2.24) is 10.6 Å². The van der Waals surface area contributed by atoms with E-state index in [4.69, 9.17) is 0 Å². The Balaban J connectivity index is 1.53. The van der Waals surface area contributed by atoms with Crippen molar-refractivity contribution < 1.29 is 4.79 Å². The molecule has 25 heavy (non-hydrogen) atoms. The molecule has 3 atom stereocenters. The van der Waals surface area contributed by atoms with E-state index in [-0.39, 0.29) is 18.0 Å². The summed E-state index contributed by atoms with van der Waals surface area (Å²) in [7, 11) is 0. The third-order valence-electron chi connectivity index (χ3n) is 5.03. The summed E-state index contributed by atoms with van der Waals surface area (Å²) in [4.78, 5) is 12.5. The Morgan fingerprint density at radius 2 is 1.52 bits per heavy atom. The van der Waals surface area contributed by atoms with Crippen molar-refractivity contribution in [3.63, 3.8) is 0 Å². The van der Waals surface area contributed by atoms with Crippen LogP contribution in [-0.4, -0.2) is 18.5 Å². The van der Waals surface area contributed by atoms with Gasteiger partial charge in [-0.2, -0.15) is 0 Å². The second-order valence-electron chi connectivity index (χ2n) is 7.17. The fourth-order valence-corrected chi connectivity index (χ4v) is 3.25. The number of amides is 1. The molecule has 3 nitrogen and oxygen atoms in total. The predicted molar refractivity (Wildman–Crippen MR) is 102 cm³/mol. The van der Waals surface area contributed by atoms with Crippen molar-refractivity contribution in [2.45, 2.75) is 44.7 Å². The molecular formula is C22H28N2O. The first kappa shape index (κ1) is 17.7. The average Bonchev–Trinajstić information content (AvgIpc) is 3.50. The second-order valence-corrected chi connectivity index (χ2v) is 7.17. The highest BCUT2D eigenvalue weighted by Crippen LogP contribution is 2.41. The number of carbonyl (C=O) groups excluding carboxylic acids is 1. The van der Waals surface area contributed by atoms with Gasteiger partial charge < -0.3 is 5.32 Å². The van der Waals surface area contributed by atoms with E-state index in [1.807, 2.05) is 31.2 Å². The summed E-state index contributed by atoms with van der Waals surface area (Å²) in [5, 5.41) is 6.64. The van der Waals surface area contributed by atoms with Crippen LogP contribution in [0.5, 0.6) is 0 Å². The fraction of sp³-hybridized carbons (Fsp3) is 0.409. The molecule has 0 radical (unpaired) electrons. The van der Waals surface area contributed by atoms with E-state index in [1.165, 1.54) is 24.0 Å². The molecule has 0 saturated heterocycles. The van der Waals surface area contributed by atoms with Gasteiger partial charge in [0.1, 0.15) is 0 Å². The highest BCUT2D eigenvalue weighted by atomic mass is 16.2. The van der Waals surface area contributed by atoms with E-state index in [0.717, 1.165) is 0 Å². The van der Waals surface area contributed by atoms with Gasteiger partial charge in [0.2, 0.25) is 5.91 Å². The Morgan fingerprint density at radius 3 is 2.08 bits per heavy atom. The Kier molecular flexibility index (Phi) is 5.87. The largest absolute Gasteiger partial charge is 0.354 e. The van der Waals surface area contributed by atoms with E-state index in [0.29, 0.717) is 18.4 Å². The minimum atomic E-state index is -0.200. The Hall–Kier alpha value is -2.13. The summed E-state index contributed by atoms with van der Waals surface area (Å²) in [6.45, 7) is 4.76. The van der Waals surface area contributed by atoms with Gasteiger partial charge in [-0.3, -0.25) is 10.1 Å². The lowest BCUT2D eigenvalue weighted by Gasteiger charge is -2.24. The monoisotopic (exact) mass is 336 g/mol. The molecule has 3 unspecified atom stereocenters. The van der Waals surface area contributed by atoms with Gasteiger partial charge in [-0.05, 0) is 42.7 Å². The van der Waals surface area contributed by atoms with Crippen LogP contribution in [0.1, 0.15) is 49.8 Å². The lowest BCUT2D eigenvalue weighted by Crippen LogP contribution is -2.45. The maximum atomic E-state index is 12.5. The molecule has 1 amide bonds. The molecule has 0 bridgehead atoms. The second kappa shape index (κ2) is 8.30. The number of rotatable bonds is 8. The van der Waals surface area contributed by atoms with E-state index in [2.05, 4.69) is 54.0 Å². The van der Waals surface area contributed by atoms with Crippen LogP contribution in [0.3, 0.4) is 0 Å². The Labute approximate surface area is 150 Å². The molecule has 3 heteroatoms. The molecule has 2 aromatic carbocycles. The standard InChI is InChI=1S/C22H28N2O/c1-16(18-9-5-3-6-10-18)15-23-22(25)17(2)24-21(20-13-14-20)19-11-7-4-8-12-19/h3-12,16-17,20-21,24H,13-15H2,1-2H3,(H,23,25). The van der Waals surface area contributed by atoms with Crippen molar-refractivity contribution in [3.8, 4) is 0 Å². The van der Waals surface area contributed by atoms with Gasteiger partial charge in [-0.15, -0.1) is 0 Å². The normalized spacial score (nSPS) is 17.5. The number of benzene rings is 2. The van der Waals surface area contributed by atoms with Crippen molar-refractivity contribution in [3.05, 3.63) is 71.8 Å². The summed E-state index contributed by atoms with van der Waals surface area (Å²) >= 11 is 0. The first-order valence-electron chi connectivity index (χ1n) is 9.29. The lowest BCUT2D eigenvalue weighted by molar-refractivity contribution is -0.123. The Morgan fingerprint density at radius 1 is 0.960 bits per heavy atom. The van der Waals surface area contributed by atoms with Gasteiger partial charge in [-0.25, -0.2) is 0 Å². The average molecular weight is 336 g/mol. The minimum Gasteiger partial charge on any atom is -0.354 e. The minimum absolute atomic E-state index is 0.0735. The van der Waals surface area contributed by atoms with Crippen LogP contribution in [0, 0.1) is 5.92 Å². The van der Waals surface area contributed by atoms with Crippen LogP contribution < -0.4 is 10.6 Å². The number of hydrogen-bond acceptors (Lipinski definition) is 2. The van der Waals surface area contributed by atoms with Crippen LogP contribution in [0.2, 0.25) is 0 Å². The molecule has 3 rings (SSSR count). The molecule has 1 saturated carbocycles. The molecule has 1 aliphatic carbocycles. The molecule has 2 N–H and O–H groups in total. The molecule has 132 valence electrons. The molecule has 0 heterocycles. The predicted octanol–water partition coefficient (Wildman–Crippen LogP) is 4.04. The molecule has 2 aromatic rings. The van der Waals surface area contributed by atoms with Crippen LogP contribution in [0.15, 0.2) is 60.7 Å². The number of hydrogen-bond donors (Lipinski definition) is 2. The van der Waals surface area contributed by atoms with E-state index in [9.17, 15) is 4.79 Å². The first-order valence-corrected chi connectivity index (χ1v) is 9.29. The smallest absolute Gasteiger partial charge is 0.236 e. The Bertz CT molecular complexity index is 667. The van der Waals surface area contributed by atoms with Gasteiger partial charge >= 0.3 is 0 Å². The van der Waals surface area contributed by atoms with E-state index < -0.39 is 0 Å². The summed E-state index contributed by atoms with van der Waals surface area (Å²) in [5.74, 6) is 1.04. The zero-order chi connectivity index (χ0) is 17.6. The number of nitrogens with one attached hydrogen (secondary N) is 2. The summed E-state index contributed by atoms with van der Waals surface area (Å²) < 4.78 is 0. The van der Waals surface area contributed by atoms with Crippen molar-refractivity contribution in [2.24, 2.45) is 5.92 Å². The summed E-state index contributed by atoms with van der Waals surface area (Å²) in [6.07, 6.45) is 2.48. The summed E-state index contributed by atoms with van der Waals surface area (Å²) in [5.41, 5.74) is 2.53. The number of carbonyl (C=O) groups is 1. The van der Waals surface area contributed by atoms with E-state index in [1.54, 1.807) is 0 Å². The quantitative estimate of drug-likeness (QED) is 0.764. The molecule has 1 aliphatic rings. The third kappa shape index (κ3) is 4.93.